The number of nitrogens with zero attached hydrogens (tertiary/aromatic N) is 3. The van der Waals surface area contributed by atoms with Crippen molar-refractivity contribution in [2.24, 2.45) is 18.9 Å². The highest BCUT2D eigenvalue weighted by atomic mass is 16.5. The van der Waals surface area contributed by atoms with Gasteiger partial charge in [0, 0.05) is 38.0 Å². The van der Waals surface area contributed by atoms with Gasteiger partial charge in [-0.05, 0) is 36.3 Å². The second kappa shape index (κ2) is 7.46. The molecule has 1 aromatic heterocycles. The van der Waals surface area contributed by atoms with Crippen LogP contribution in [-0.2, 0) is 23.2 Å². The lowest BCUT2D eigenvalue weighted by molar-refractivity contribution is -0.125. The fraction of sp³-hybridized carbons (Fsp3) is 0.429. The highest BCUT2D eigenvalue weighted by Crippen LogP contribution is 2.39. The van der Waals surface area contributed by atoms with E-state index in [1.807, 2.05) is 42.4 Å². The minimum atomic E-state index is 0.102. The number of amides is 1. The van der Waals surface area contributed by atoms with Crippen molar-refractivity contribution in [2.75, 3.05) is 13.1 Å². The van der Waals surface area contributed by atoms with E-state index in [-0.39, 0.29) is 5.91 Å². The van der Waals surface area contributed by atoms with Gasteiger partial charge in [-0.1, -0.05) is 30.3 Å². The molecular weight excluding hydrogens is 326 g/mol. The number of hydrogen-bond donors (Lipinski definition) is 0. The molecule has 1 saturated heterocycles. The second-order valence-electron chi connectivity index (χ2n) is 7.43. The van der Waals surface area contributed by atoms with Crippen LogP contribution in [0.3, 0.4) is 0 Å². The standard InChI is InChI=1S/C21H25N3O2/c1-23-12-17(11-22-23)7-8-21(25)24-13-18-9-20(10-19(18)14-24)26-15-16-5-3-2-4-6-16/h2-8,11-12,18-20H,9-10,13-15H2,1H3/b8-7+/t18-,19+,20?. The van der Waals surface area contributed by atoms with Crippen LogP contribution in [0.4, 0.5) is 0 Å². The average Bonchev–Trinajstić information content (AvgIpc) is 3.33. The van der Waals surface area contributed by atoms with Gasteiger partial charge in [0.2, 0.25) is 5.91 Å². The van der Waals surface area contributed by atoms with Crippen molar-refractivity contribution < 1.29 is 9.53 Å². The third-order valence-electron chi connectivity index (χ3n) is 5.49. The first-order valence-electron chi connectivity index (χ1n) is 9.28. The molecule has 2 fully saturated rings. The number of ether oxygens (including phenoxy) is 1. The number of likely N-dealkylation sites (tertiary alicyclic amines) is 1. The molecule has 1 amide bonds. The Morgan fingerprint density at radius 3 is 2.62 bits per heavy atom. The summed E-state index contributed by atoms with van der Waals surface area (Å²) in [6, 6.07) is 10.3. The largest absolute Gasteiger partial charge is 0.374 e. The van der Waals surface area contributed by atoms with Crippen molar-refractivity contribution in [2.45, 2.75) is 25.6 Å². The third-order valence-corrected chi connectivity index (χ3v) is 5.49. The molecule has 26 heavy (non-hydrogen) atoms. The Morgan fingerprint density at radius 2 is 1.96 bits per heavy atom. The normalized spacial score (nSPS) is 25.1. The monoisotopic (exact) mass is 351 g/mol. The van der Waals surface area contributed by atoms with E-state index in [1.54, 1.807) is 17.0 Å². The maximum Gasteiger partial charge on any atom is 0.246 e. The van der Waals surface area contributed by atoms with Gasteiger partial charge in [0.05, 0.1) is 18.9 Å². The molecule has 5 heteroatoms. The zero-order valence-electron chi connectivity index (χ0n) is 15.1. The zero-order chi connectivity index (χ0) is 17.9. The summed E-state index contributed by atoms with van der Waals surface area (Å²) in [7, 11) is 1.87. The van der Waals surface area contributed by atoms with Gasteiger partial charge in [-0.3, -0.25) is 9.48 Å². The maximum atomic E-state index is 12.4. The zero-order valence-corrected chi connectivity index (χ0v) is 15.1. The van der Waals surface area contributed by atoms with Gasteiger partial charge in [-0.15, -0.1) is 0 Å². The van der Waals surface area contributed by atoms with Crippen LogP contribution in [0.2, 0.25) is 0 Å². The number of hydrogen-bond acceptors (Lipinski definition) is 3. The number of benzene rings is 1. The molecule has 0 radical (unpaired) electrons. The second-order valence-corrected chi connectivity index (χ2v) is 7.43. The number of carbonyl (C=O) groups excluding carboxylic acids is 1. The van der Waals surface area contributed by atoms with Crippen LogP contribution in [0.15, 0.2) is 48.8 Å². The molecule has 1 aromatic carbocycles. The van der Waals surface area contributed by atoms with Crippen molar-refractivity contribution in [3.05, 3.63) is 59.9 Å². The van der Waals surface area contributed by atoms with Gasteiger partial charge in [0.15, 0.2) is 0 Å². The van der Waals surface area contributed by atoms with Crippen molar-refractivity contribution in [1.82, 2.24) is 14.7 Å². The molecule has 2 heterocycles. The lowest BCUT2D eigenvalue weighted by atomic mass is 10.0. The Balaban J connectivity index is 1.25. The number of carbonyl (C=O) groups is 1. The summed E-state index contributed by atoms with van der Waals surface area (Å²) in [5, 5.41) is 4.11. The Labute approximate surface area is 154 Å². The third kappa shape index (κ3) is 3.88. The van der Waals surface area contributed by atoms with E-state index in [4.69, 9.17) is 4.74 Å². The van der Waals surface area contributed by atoms with E-state index < -0.39 is 0 Å². The predicted octanol–water partition coefficient (Wildman–Crippen LogP) is 2.89. The van der Waals surface area contributed by atoms with Gasteiger partial charge < -0.3 is 9.64 Å². The lowest BCUT2D eigenvalue weighted by Gasteiger charge is -2.18. The highest BCUT2D eigenvalue weighted by molar-refractivity contribution is 5.91. The van der Waals surface area contributed by atoms with Gasteiger partial charge in [-0.2, -0.15) is 5.10 Å². The molecule has 1 saturated carbocycles. The topological polar surface area (TPSA) is 47.4 Å². The van der Waals surface area contributed by atoms with E-state index in [2.05, 4.69) is 17.2 Å². The van der Waals surface area contributed by atoms with Crippen molar-refractivity contribution in [3.8, 4) is 0 Å². The molecule has 136 valence electrons. The Hall–Kier alpha value is -2.40. The van der Waals surface area contributed by atoms with Gasteiger partial charge in [0.1, 0.15) is 0 Å². The van der Waals surface area contributed by atoms with E-state index in [0.717, 1.165) is 31.5 Å². The van der Waals surface area contributed by atoms with E-state index in [9.17, 15) is 4.79 Å². The summed E-state index contributed by atoms with van der Waals surface area (Å²) in [6.07, 6.45) is 9.63. The van der Waals surface area contributed by atoms with Crippen molar-refractivity contribution in [1.29, 1.82) is 0 Å². The SMILES string of the molecule is Cn1cc(/C=C/C(=O)N2C[C@H]3CC(OCc4ccccc4)C[C@H]3C2)cn1. The van der Waals surface area contributed by atoms with Crippen LogP contribution in [0.25, 0.3) is 6.08 Å². The van der Waals surface area contributed by atoms with Gasteiger partial charge in [-0.25, -0.2) is 0 Å². The maximum absolute atomic E-state index is 12.4. The van der Waals surface area contributed by atoms with E-state index >= 15 is 0 Å². The molecule has 1 aliphatic carbocycles. The molecule has 1 aliphatic heterocycles. The summed E-state index contributed by atoms with van der Waals surface area (Å²) in [6.45, 7) is 2.39. The molecule has 2 aromatic rings. The Morgan fingerprint density at radius 1 is 1.23 bits per heavy atom. The Kier molecular flexibility index (Phi) is 4.89. The summed E-state index contributed by atoms with van der Waals surface area (Å²) >= 11 is 0. The van der Waals surface area contributed by atoms with Crippen LogP contribution < -0.4 is 0 Å². The van der Waals surface area contributed by atoms with Gasteiger partial charge in [0.25, 0.3) is 0 Å². The number of fused-ring (bicyclic) bond motifs is 1. The summed E-state index contributed by atoms with van der Waals surface area (Å²) in [5.41, 5.74) is 2.18. The van der Waals surface area contributed by atoms with Crippen LogP contribution in [-0.4, -0.2) is 39.8 Å². The number of rotatable bonds is 5. The fourth-order valence-electron chi connectivity index (χ4n) is 4.15. The molecule has 2 aliphatic rings. The molecular formula is C21H25N3O2. The number of aromatic nitrogens is 2. The Bertz CT molecular complexity index is 770. The van der Waals surface area contributed by atoms with Crippen LogP contribution in [0, 0.1) is 11.8 Å². The molecule has 3 atom stereocenters. The first-order chi connectivity index (χ1) is 12.7. The van der Waals surface area contributed by atoms with Crippen LogP contribution in [0.5, 0.6) is 0 Å². The molecule has 0 N–H and O–H groups in total. The molecule has 5 nitrogen and oxygen atoms in total. The quantitative estimate of drug-likeness (QED) is 0.778. The first-order valence-corrected chi connectivity index (χ1v) is 9.28. The fourth-order valence-corrected chi connectivity index (χ4v) is 4.15. The number of aryl methyl sites for hydroxylation is 1. The lowest BCUT2D eigenvalue weighted by Crippen LogP contribution is -2.28. The van der Waals surface area contributed by atoms with Crippen molar-refractivity contribution >= 4 is 12.0 Å². The van der Waals surface area contributed by atoms with Gasteiger partial charge >= 0.3 is 0 Å². The van der Waals surface area contributed by atoms with E-state index in [1.165, 1.54) is 5.56 Å². The molecule has 1 unspecified atom stereocenters. The first kappa shape index (κ1) is 17.0. The summed E-state index contributed by atoms with van der Waals surface area (Å²) < 4.78 is 7.84. The van der Waals surface area contributed by atoms with Crippen LogP contribution in [0.1, 0.15) is 24.0 Å². The minimum Gasteiger partial charge on any atom is -0.374 e. The smallest absolute Gasteiger partial charge is 0.246 e. The summed E-state index contributed by atoms with van der Waals surface area (Å²) in [4.78, 5) is 14.4. The average molecular weight is 351 g/mol. The predicted molar refractivity (Wildman–Crippen MR) is 100 cm³/mol. The highest BCUT2D eigenvalue weighted by Gasteiger charge is 2.42. The summed E-state index contributed by atoms with van der Waals surface area (Å²) in [5.74, 6) is 1.25. The van der Waals surface area contributed by atoms with Crippen molar-refractivity contribution in [3.63, 3.8) is 0 Å². The molecule has 4 rings (SSSR count). The molecule has 0 spiro atoms. The van der Waals surface area contributed by atoms with Crippen LogP contribution >= 0.6 is 0 Å². The minimum absolute atomic E-state index is 0.102. The molecule has 0 bridgehead atoms. The van der Waals surface area contributed by atoms with E-state index in [0.29, 0.717) is 24.5 Å².